The van der Waals surface area contributed by atoms with Crippen molar-refractivity contribution in [2.45, 2.75) is 42.9 Å². The van der Waals surface area contributed by atoms with Crippen LogP contribution >= 0.6 is 11.8 Å². The van der Waals surface area contributed by atoms with Crippen molar-refractivity contribution < 1.29 is 9.90 Å². The van der Waals surface area contributed by atoms with Crippen molar-refractivity contribution >= 4 is 17.7 Å². The van der Waals surface area contributed by atoms with E-state index in [1.165, 1.54) is 31.7 Å². The minimum absolute atomic E-state index is 0.326. The highest BCUT2D eigenvalue weighted by Gasteiger charge is 2.19. The van der Waals surface area contributed by atoms with Crippen LogP contribution in [0, 0.1) is 5.92 Å². The van der Waals surface area contributed by atoms with Crippen molar-refractivity contribution in [2.75, 3.05) is 0 Å². The largest absolute Gasteiger partial charge is 0.478 e. The molecule has 0 spiro atoms. The van der Waals surface area contributed by atoms with E-state index in [-0.39, 0.29) is 0 Å². The Kier molecular flexibility index (Phi) is 4.05. The second kappa shape index (κ2) is 5.54. The molecule has 0 amide bonds. The minimum atomic E-state index is -0.883. The first-order valence-corrected chi connectivity index (χ1v) is 6.89. The second-order valence-electron chi connectivity index (χ2n) is 4.69. The monoisotopic (exact) mass is 251 g/mol. The van der Waals surface area contributed by atoms with Gasteiger partial charge in [0, 0.05) is 11.4 Å². The first-order chi connectivity index (χ1) is 8.15. The van der Waals surface area contributed by atoms with Crippen molar-refractivity contribution in [3.63, 3.8) is 0 Å². The molecule has 1 saturated carbocycles. The number of carboxylic acid groups (broad SMARTS) is 1. The van der Waals surface area contributed by atoms with E-state index in [9.17, 15) is 4.79 Å². The van der Waals surface area contributed by atoms with Crippen LogP contribution in [0.1, 0.15) is 43.0 Å². The molecule has 0 radical (unpaired) electrons. The molecule has 0 aromatic carbocycles. The molecular weight excluding hydrogens is 234 g/mol. The topological polar surface area (TPSA) is 50.2 Å². The van der Waals surface area contributed by atoms with Gasteiger partial charge in [-0.05, 0) is 43.7 Å². The van der Waals surface area contributed by atoms with Crippen molar-refractivity contribution in [3.8, 4) is 0 Å². The Labute approximate surface area is 106 Å². The molecule has 4 heteroatoms. The van der Waals surface area contributed by atoms with Gasteiger partial charge in [0.1, 0.15) is 0 Å². The van der Waals surface area contributed by atoms with Crippen molar-refractivity contribution in [1.29, 1.82) is 0 Å². The van der Waals surface area contributed by atoms with E-state index in [1.54, 1.807) is 24.0 Å². The van der Waals surface area contributed by atoms with E-state index in [2.05, 4.69) is 11.9 Å². The first-order valence-electron chi connectivity index (χ1n) is 6.01. The van der Waals surface area contributed by atoms with Gasteiger partial charge >= 0.3 is 5.97 Å². The minimum Gasteiger partial charge on any atom is -0.478 e. The molecule has 0 aliphatic heterocycles. The maximum atomic E-state index is 10.9. The molecule has 1 aromatic heterocycles. The number of carboxylic acids is 1. The van der Waals surface area contributed by atoms with Crippen LogP contribution in [0.5, 0.6) is 0 Å². The number of nitrogens with zero attached hydrogens (tertiary/aromatic N) is 1. The molecule has 0 bridgehead atoms. The fourth-order valence-corrected chi connectivity index (χ4v) is 3.29. The lowest BCUT2D eigenvalue weighted by Gasteiger charge is -2.25. The normalized spacial score (nSPS) is 24.5. The van der Waals surface area contributed by atoms with Crippen LogP contribution in [0.25, 0.3) is 0 Å². The zero-order valence-corrected chi connectivity index (χ0v) is 10.7. The maximum absolute atomic E-state index is 10.9. The van der Waals surface area contributed by atoms with Crippen LogP contribution in [-0.2, 0) is 0 Å². The summed E-state index contributed by atoms with van der Waals surface area (Å²) in [5.74, 6) is -0.0447. The van der Waals surface area contributed by atoms with Gasteiger partial charge in [-0.3, -0.25) is 0 Å². The van der Waals surface area contributed by atoms with Gasteiger partial charge in [0.2, 0.25) is 0 Å². The summed E-state index contributed by atoms with van der Waals surface area (Å²) in [6, 6.07) is 3.21. The molecule has 92 valence electrons. The molecule has 0 unspecified atom stereocenters. The van der Waals surface area contributed by atoms with E-state index in [4.69, 9.17) is 5.11 Å². The van der Waals surface area contributed by atoms with Gasteiger partial charge in [0.05, 0.1) is 10.6 Å². The summed E-state index contributed by atoms with van der Waals surface area (Å²) >= 11 is 1.72. The van der Waals surface area contributed by atoms with Crippen LogP contribution in [0.3, 0.4) is 0 Å². The molecule has 1 aliphatic rings. The number of aromatic nitrogens is 1. The summed E-state index contributed by atoms with van der Waals surface area (Å²) in [4.78, 5) is 15.1. The van der Waals surface area contributed by atoms with E-state index < -0.39 is 5.97 Å². The molecule has 2 rings (SSSR count). The Morgan fingerprint density at radius 1 is 1.41 bits per heavy atom. The SMILES string of the molecule is CC1CCC(Sc2cc(C(=O)O)ccn2)CC1. The van der Waals surface area contributed by atoms with Gasteiger partial charge in [-0.2, -0.15) is 0 Å². The number of hydrogen-bond acceptors (Lipinski definition) is 3. The molecule has 17 heavy (non-hydrogen) atoms. The predicted octanol–water partition coefficient (Wildman–Crippen LogP) is 3.45. The van der Waals surface area contributed by atoms with Crippen LogP contribution < -0.4 is 0 Å². The van der Waals surface area contributed by atoms with Gasteiger partial charge in [0.25, 0.3) is 0 Å². The molecule has 3 nitrogen and oxygen atoms in total. The number of pyridine rings is 1. The lowest BCUT2D eigenvalue weighted by atomic mass is 9.91. The van der Waals surface area contributed by atoms with E-state index in [1.807, 2.05) is 0 Å². The fourth-order valence-electron chi connectivity index (χ4n) is 2.13. The smallest absolute Gasteiger partial charge is 0.335 e. The molecule has 1 heterocycles. The highest BCUT2D eigenvalue weighted by molar-refractivity contribution is 7.99. The van der Waals surface area contributed by atoms with Crippen molar-refractivity contribution in [3.05, 3.63) is 23.9 Å². The zero-order chi connectivity index (χ0) is 12.3. The molecule has 1 aliphatic carbocycles. The van der Waals surface area contributed by atoms with Gasteiger partial charge in [-0.25, -0.2) is 9.78 Å². The zero-order valence-electron chi connectivity index (χ0n) is 9.93. The van der Waals surface area contributed by atoms with Crippen molar-refractivity contribution in [2.24, 2.45) is 5.92 Å². The third-order valence-corrected chi connectivity index (χ3v) is 4.50. The third-order valence-electron chi connectivity index (χ3n) is 3.23. The quantitative estimate of drug-likeness (QED) is 0.894. The van der Waals surface area contributed by atoms with Gasteiger partial charge < -0.3 is 5.11 Å². The van der Waals surface area contributed by atoms with Gasteiger partial charge in [0.15, 0.2) is 0 Å². The highest BCUT2D eigenvalue weighted by Crippen LogP contribution is 2.34. The molecule has 0 atom stereocenters. The maximum Gasteiger partial charge on any atom is 0.335 e. The molecule has 1 fully saturated rings. The van der Waals surface area contributed by atoms with Crippen LogP contribution in [-0.4, -0.2) is 21.3 Å². The molecular formula is C13H17NO2S. The number of hydrogen-bond donors (Lipinski definition) is 1. The summed E-state index contributed by atoms with van der Waals surface area (Å²) in [7, 11) is 0. The second-order valence-corrected chi connectivity index (χ2v) is 6.01. The Morgan fingerprint density at radius 3 is 2.76 bits per heavy atom. The Morgan fingerprint density at radius 2 is 2.12 bits per heavy atom. The average Bonchev–Trinajstić information content (AvgIpc) is 2.32. The van der Waals surface area contributed by atoms with Gasteiger partial charge in [-0.15, -0.1) is 11.8 Å². The van der Waals surface area contributed by atoms with E-state index in [0.29, 0.717) is 10.8 Å². The van der Waals surface area contributed by atoms with Crippen LogP contribution in [0.2, 0.25) is 0 Å². The summed E-state index contributed by atoms with van der Waals surface area (Å²) in [6.45, 7) is 2.30. The van der Waals surface area contributed by atoms with E-state index in [0.717, 1.165) is 10.9 Å². The fraction of sp³-hybridized carbons (Fsp3) is 0.538. The van der Waals surface area contributed by atoms with Crippen LogP contribution in [0.4, 0.5) is 0 Å². The average molecular weight is 251 g/mol. The Hall–Kier alpha value is -1.03. The summed E-state index contributed by atoms with van der Waals surface area (Å²) in [5, 5.41) is 10.4. The van der Waals surface area contributed by atoms with Crippen molar-refractivity contribution in [1.82, 2.24) is 4.98 Å². The lowest BCUT2D eigenvalue weighted by molar-refractivity contribution is 0.0696. The summed E-state index contributed by atoms with van der Waals surface area (Å²) in [6.07, 6.45) is 6.55. The first kappa shape index (κ1) is 12.4. The standard InChI is InChI=1S/C13H17NO2S/c1-9-2-4-11(5-3-9)17-12-8-10(13(15)16)6-7-14-12/h6-9,11H,2-5H2,1H3,(H,15,16). The summed E-state index contributed by atoms with van der Waals surface area (Å²) in [5.41, 5.74) is 0.326. The highest BCUT2D eigenvalue weighted by atomic mass is 32.2. The molecule has 0 saturated heterocycles. The Balaban J connectivity index is 1.98. The lowest BCUT2D eigenvalue weighted by Crippen LogP contribution is -2.14. The number of carbonyl (C=O) groups is 1. The van der Waals surface area contributed by atoms with E-state index >= 15 is 0 Å². The number of aromatic carboxylic acids is 1. The predicted molar refractivity (Wildman–Crippen MR) is 68.5 cm³/mol. The summed E-state index contributed by atoms with van der Waals surface area (Å²) < 4.78 is 0. The molecule has 1 aromatic rings. The number of thioether (sulfide) groups is 1. The third kappa shape index (κ3) is 3.46. The van der Waals surface area contributed by atoms with Gasteiger partial charge in [-0.1, -0.05) is 6.92 Å². The Bertz CT molecular complexity index is 400. The van der Waals surface area contributed by atoms with Crippen LogP contribution in [0.15, 0.2) is 23.4 Å². The molecule has 1 N–H and O–H groups in total. The number of rotatable bonds is 3.